The summed E-state index contributed by atoms with van der Waals surface area (Å²) in [6, 6.07) is 7.71. The molecule has 2 rings (SSSR count). The molecule has 78 valence electrons. The Morgan fingerprint density at radius 1 is 1.20 bits per heavy atom. The largest absolute Gasteiger partial charge is 0.392 e. The maximum Gasteiger partial charge on any atom is 0.179 e. The van der Waals surface area contributed by atoms with Crippen LogP contribution in [-0.2, 0) is 20.1 Å². The highest BCUT2D eigenvalue weighted by molar-refractivity contribution is 5.23. The fraction of sp³-hybridized carbons (Fsp3) is 0.300. The molecule has 1 N–H and O–H groups in total. The van der Waals surface area contributed by atoms with Gasteiger partial charge in [0.1, 0.15) is 0 Å². The molecule has 1 heterocycles. The van der Waals surface area contributed by atoms with Crippen LogP contribution in [0.15, 0.2) is 24.3 Å². The van der Waals surface area contributed by atoms with Gasteiger partial charge in [0, 0.05) is 6.42 Å². The van der Waals surface area contributed by atoms with Gasteiger partial charge in [0.2, 0.25) is 0 Å². The van der Waals surface area contributed by atoms with Crippen LogP contribution in [0.3, 0.4) is 0 Å². The third-order valence-electron chi connectivity index (χ3n) is 2.12. The van der Waals surface area contributed by atoms with Crippen LogP contribution in [0, 0.1) is 0 Å². The Balaban J connectivity index is 2.11. The molecule has 0 radical (unpaired) electrons. The molecule has 5 heteroatoms. The molecule has 0 amide bonds. The minimum atomic E-state index is 0.0731. The smallest absolute Gasteiger partial charge is 0.179 e. The van der Waals surface area contributed by atoms with Gasteiger partial charge >= 0.3 is 0 Å². The Hall–Kier alpha value is -1.75. The molecule has 5 nitrogen and oxygen atoms in total. The van der Waals surface area contributed by atoms with Crippen LogP contribution >= 0.6 is 0 Å². The molecule has 15 heavy (non-hydrogen) atoms. The molecule has 0 aliphatic rings. The van der Waals surface area contributed by atoms with E-state index in [1.54, 1.807) is 7.05 Å². The molecule has 0 saturated carbocycles. The van der Waals surface area contributed by atoms with Crippen LogP contribution in [0.4, 0.5) is 0 Å². The van der Waals surface area contributed by atoms with Gasteiger partial charge in [-0.3, -0.25) is 0 Å². The Labute approximate surface area is 87.4 Å². The maximum atomic E-state index is 8.88. The minimum Gasteiger partial charge on any atom is -0.392 e. The van der Waals surface area contributed by atoms with E-state index in [1.165, 1.54) is 4.80 Å². The maximum absolute atomic E-state index is 8.88. The Morgan fingerprint density at radius 2 is 1.87 bits per heavy atom. The zero-order chi connectivity index (χ0) is 10.7. The lowest BCUT2D eigenvalue weighted by Crippen LogP contribution is -1.94. The van der Waals surface area contributed by atoms with Crippen LogP contribution < -0.4 is 0 Å². The van der Waals surface area contributed by atoms with Gasteiger partial charge in [-0.15, -0.1) is 10.2 Å². The molecule has 0 saturated heterocycles. The van der Waals surface area contributed by atoms with Gasteiger partial charge in [0.15, 0.2) is 5.82 Å². The predicted octanol–water partition coefficient (Wildman–Crippen LogP) is 0.293. The second kappa shape index (κ2) is 4.18. The summed E-state index contributed by atoms with van der Waals surface area (Å²) in [5.74, 6) is 0.703. The summed E-state index contributed by atoms with van der Waals surface area (Å²) in [4.78, 5) is 1.44. The molecule has 0 spiro atoms. The SMILES string of the molecule is Cn1nnc(Cc2ccc(CO)cc2)n1. The van der Waals surface area contributed by atoms with E-state index in [1.807, 2.05) is 24.3 Å². The van der Waals surface area contributed by atoms with Gasteiger partial charge in [0.05, 0.1) is 13.7 Å². The molecule has 0 atom stereocenters. The lowest BCUT2D eigenvalue weighted by molar-refractivity contribution is 0.282. The molecule has 1 aromatic carbocycles. The van der Waals surface area contributed by atoms with E-state index < -0.39 is 0 Å². The van der Waals surface area contributed by atoms with Crippen LogP contribution in [-0.4, -0.2) is 25.3 Å². The predicted molar refractivity (Wildman–Crippen MR) is 54.0 cm³/mol. The van der Waals surface area contributed by atoms with Gasteiger partial charge in [-0.25, -0.2) is 0 Å². The first-order valence-electron chi connectivity index (χ1n) is 4.69. The van der Waals surface area contributed by atoms with Crippen LogP contribution in [0.2, 0.25) is 0 Å². The van der Waals surface area contributed by atoms with Crippen LogP contribution in [0.1, 0.15) is 17.0 Å². The molecule has 2 aromatic rings. The standard InChI is InChI=1S/C10H12N4O/c1-14-12-10(11-13-14)6-8-2-4-9(7-15)5-3-8/h2-5,15H,6-7H2,1H3. The van der Waals surface area contributed by atoms with Crippen molar-refractivity contribution in [1.82, 2.24) is 20.2 Å². The van der Waals surface area contributed by atoms with E-state index in [9.17, 15) is 0 Å². The summed E-state index contributed by atoms with van der Waals surface area (Å²) in [6.45, 7) is 0.0731. The van der Waals surface area contributed by atoms with Crippen molar-refractivity contribution in [3.05, 3.63) is 41.2 Å². The summed E-state index contributed by atoms with van der Waals surface area (Å²) in [5.41, 5.74) is 2.02. The normalized spacial score (nSPS) is 10.5. The number of aromatic nitrogens is 4. The first-order valence-corrected chi connectivity index (χ1v) is 4.69. The summed E-state index contributed by atoms with van der Waals surface area (Å²) in [6.07, 6.45) is 0.666. The third-order valence-corrected chi connectivity index (χ3v) is 2.12. The van der Waals surface area contributed by atoms with Gasteiger partial charge in [-0.2, -0.15) is 4.80 Å². The Kier molecular flexibility index (Phi) is 2.73. The highest BCUT2D eigenvalue weighted by Gasteiger charge is 2.01. The van der Waals surface area contributed by atoms with Crippen molar-refractivity contribution in [2.75, 3.05) is 0 Å². The van der Waals surface area contributed by atoms with Crippen LogP contribution in [0.25, 0.3) is 0 Å². The number of aryl methyl sites for hydroxylation is 1. The van der Waals surface area contributed by atoms with Crippen molar-refractivity contribution >= 4 is 0 Å². The Bertz CT molecular complexity index is 435. The first-order chi connectivity index (χ1) is 7.28. The van der Waals surface area contributed by atoms with E-state index in [-0.39, 0.29) is 6.61 Å². The van der Waals surface area contributed by atoms with Crippen molar-refractivity contribution in [2.24, 2.45) is 7.05 Å². The van der Waals surface area contributed by atoms with E-state index in [4.69, 9.17) is 5.11 Å². The number of tetrazole rings is 1. The van der Waals surface area contributed by atoms with Crippen molar-refractivity contribution in [3.63, 3.8) is 0 Å². The molecular formula is C10H12N4O. The molecule has 0 aliphatic carbocycles. The summed E-state index contributed by atoms with van der Waals surface area (Å²) >= 11 is 0. The average Bonchev–Trinajstić information content (AvgIpc) is 2.65. The van der Waals surface area contributed by atoms with Crippen molar-refractivity contribution in [1.29, 1.82) is 0 Å². The molecular weight excluding hydrogens is 192 g/mol. The minimum absolute atomic E-state index is 0.0731. The molecule has 0 unspecified atom stereocenters. The monoisotopic (exact) mass is 204 g/mol. The second-order valence-electron chi connectivity index (χ2n) is 3.35. The highest BCUT2D eigenvalue weighted by Crippen LogP contribution is 2.07. The number of hydrogen-bond acceptors (Lipinski definition) is 4. The fourth-order valence-electron chi connectivity index (χ4n) is 1.34. The van der Waals surface area contributed by atoms with E-state index in [2.05, 4.69) is 15.4 Å². The molecule has 0 bridgehead atoms. The zero-order valence-corrected chi connectivity index (χ0v) is 8.46. The number of aliphatic hydroxyl groups is 1. The molecule has 0 aliphatic heterocycles. The topological polar surface area (TPSA) is 63.8 Å². The molecule has 1 aromatic heterocycles. The van der Waals surface area contributed by atoms with Crippen LogP contribution in [0.5, 0.6) is 0 Å². The fourth-order valence-corrected chi connectivity index (χ4v) is 1.34. The number of nitrogens with zero attached hydrogens (tertiary/aromatic N) is 4. The first kappa shape index (κ1) is 9.79. The number of rotatable bonds is 3. The molecule has 0 fully saturated rings. The Morgan fingerprint density at radius 3 is 2.40 bits per heavy atom. The lowest BCUT2D eigenvalue weighted by atomic mass is 10.1. The van der Waals surface area contributed by atoms with E-state index >= 15 is 0 Å². The third kappa shape index (κ3) is 2.38. The summed E-state index contributed by atoms with van der Waals surface area (Å²) in [7, 11) is 1.74. The number of aliphatic hydroxyl groups excluding tert-OH is 1. The van der Waals surface area contributed by atoms with E-state index in [0.717, 1.165) is 11.1 Å². The quantitative estimate of drug-likeness (QED) is 0.780. The van der Waals surface area contributed by atoms with Crippen molar-refractivity contribution < 1.29 is 5.11 Å². The van der Waals surface area contributed by atoms with E-state index in [0.29, 0.717) is 12.2 Å². The average molecular weight is 204 g/mol. The summed E-state index contributed by atoms with van der Waals surface area (Å²) in [5, 5.41) is 20.6. The summed E-state index contributed by atoms with van der Waals surface area (Å²) < 4.78 is 0. The second-order valence-corrected chi connectivity index (χ2v) is 3.35. The van der Waals surface area contributed by atoms with Crippen molar-refractivity contribution in [3.8, 4) is 0 Å². The van der Waals surface area contributed by atoms with Gasteiger partial charge < -0.3 is 5.11 Å². The van der Waals surface area contributed by atoms with Gasteiger partial charge in [-0.05, 0) is 16.3 Å². The highest BCUT2D eigenvalue weighted by atomic mass is 16.3. The number of hydrogen-bond donors (Lipinski definition) is 1. The van der Waals surface area contributed by atoms with Crippen molar-refractivity contribution in [2.45, 2.75) is 13.0 Å². The van der Waals surface area contributed by atoms with Gasteiger partial charge in [0.25, 0.3) is 0 Å². The van der Waals surface area contributed by atoms with Gasteiger partial charge in [-0.1, -0.05) is 24.3 Å². The lowest BCUT2D eigenvalue weighted by Gasteiger charge is -1.98. The number of benzene rings is 1. The zero-order valence-electron chi connectivity index (χ0n) is 8.46.